The molecule has 118 valence electrons. The summed E-state index contributed by atoms with van der Waals surface area (Å²) < 4.78 is 11.5. The zero-order valence-corrected chi connectivity index (χ0v) is 13.6. The molecule has 1 aliphatic rings. The number of aromatic nitrogens is 2. The molecule has 0 unspecified atom stereocenters. The smallest absolute Gasteiger partial charge is 0.230 e. The van der Waals surface area contributed by atoms with Crippen molar-refractivity contribution in [3.8, 4) is 0 Å². The maximum absolute atomic E-state index is 6.26. The average molecular weight is 322 g/mol. The summed E-state index contributed by atoms with van der Waals surface area (Å²) in [5.74, 6) is 1.59. The third kappa shape index (κ3) is 3.48. The zero-order chi connectivity index (χ0) is 15.5. The number of rotatable bonds is 4. The largest absolute Gasteiger partial charge is 0.424 e. The van der Waals surface area contributed by atoms with Gasteiger partial charge in [-0.15, -0.1) is 10.2 Å². The van der Waals surface area contributed by atoms with Gasteiger partial charge >= 0.3 is 0 Å². The van der Waals surface area contributed by atoms with Gasteiger partial charge in [0.25, 0.3) is 0 Å². The molecule has 0 amide bonds. The quantitative estimate of drug-likeness (QED) is 0.863. The van der Waals surface area contributed by atoms with Crippen molar-refractivity contribution in [1.82, 2.24) is 15.1 Å². The minimum Gasteiger partial charge on any atom is -0.424 e. The van der Waals surface area contributed by atoms with E-state index in [1.165, 1.54) is 0 Å². The lowest BCUT2D eigenvalue weighted by Gasteiger charge is -2.32. The third-order valence-corrected chi connectivity index (χ3v) is 4.08. The van der Waals surface area contributed by atoms with Gasteiger partial charge in [-0.05, 0) is 6.07 Å². The Labute approximate surface area is 135 Å². The molecular weight excluding hydrogens is 302 g/mol. The van der Waals surface area contributed by atoms with Gasteiger partial charge in [0.05, 0.1) is 19.3 Å². The molecule has 0 aliphatic carbocycles. The summed E-state index contributed by atoms with van der Waals surface area (Å²) in [6.07, 6.45) is -0.0186. The van der Waals surface area contributed by atoms with E-state index in [0.717, 1.165) is 23.7 Å². The standard InChI is InChI=1S/C16H20ClN3O2/c1-11(2)16-19-18-15(22-16)10-20-7-8-21-14(9-20)12-5-3-4-6-13(12)17/h3-6,11,14H,7-10H2,1-2H3/t14-/m1/s1. The molecule has 1 aromatic carbocycles. The summed E-state index contributed by atoms with van der Waals surface area (Å²) >= 11 is 6.26. The molecule has 0 N–H and O–H groups in total. The van der Waals surface area contributed by atoms with Crippen LogP contribution in [-0.2, 0) is 11.3 Å². The number of hydrogen-bond acceptors (Lipinski definition) is 5. The lowest BCUT2D eigenvalue weighted by Crippen LogP contribution is -2.38. The summed E-state index contributed by atoms with van der Waals surface area (Å²) in [7, 11) is 0. The van der Waals surface area contributed by atoms with Crippen molar-refractivity contribution in [2.45, 2.75) is 32.4 Å². The monoisotopic (exact) mass is 321 g/mol. The fourth-order valence-electron chi connectivity index (χ4n) is 2.53. The molecule has 0 radical (unpaired) electrons. The number of halogens is 1. The molecule has 2 aromatic rings. The molecule has 1 fully saturated rings. The first-order chi connectivity index (χ1) is 10.6. The Bertz CT molecular complexity index is 629. The Morgan fingerprint density at radius 3 is 2.86 bits per heavy atom. The van der Waals surface area contributed by atoms with Crippen molar-refractivity contribution in [1.29, 1.82) is 0 Å². The molecule has 1 saturated heterocycles. The van der Waals surface area contributed by atoms with E-state index < -0.39 is 0 Å². The highest BCUT2D eigenvalue weighted by atomic mass is 35.5. The Kier molecular flexibility index (Phi) is 4.76. The minimum atomic E-state index is -0.0186. The lowest BCUT2D eigenvalue weighted by atomic mass is 10.1. The normalized spacial score (nSPS) is 19.7. The predicted octanol–water partition coefficient (Wildman–Crippen LogP) is 3.42. The van der Waals surface area contributed by atoms with Crippen molar-refractivity contribution in [2.75, 3.05) is 19.7 Å². The third-order valence-electron chi connectivity index (χ3n) is 3.74. The van der Waals surface area contributed by atoms with Gasteiger partial charge in [0.15, 0.2) is 0 Å². The first-order valence-electron chi connectivity index (χ1n) is 7.54. The van der Waals surface area contributed by atoms with Gasteiger partial charge in [0.1, 0.15) is 0 Å². The van der Waals surface area contributed by atoms with E-state index >= 15 is 0 Å². The highest BCUT2D eigenvalue weighted by Crippen LogP contribution is 2.28. The fourth-order valence-corrected chi connectivity index (χ4v) is 2.78. The second kappa shape index (κ2) is 6.77. The van der Waals surface area contributed by atoms with E-state index in [9.17, 15) is 0 Å². The van der Waals surface area contributed by atoms with Crippen molar-refractivity contribution in [3.05, 3.63) is 46.6 Å². The number of ether oxygens (including phenoxy) is 1. The van der Waals surface area contributed by atoms with Gasteiger partial charge in [-0.3, -0.25) is 4.90 Å². The number of nitrogens with zero attached hydrogens (tertiary/aromatic N) is 3. The molecule has 0 bridgehead atoms. The Balaban J connectivity index is 1.66. The summed E-state index contributed by atoms with van der Waals surface area (Å²) in [4.78, 5) is 2.26. The maximum atomic E-state index is 6.26. The van der Waals surface area contributed by atoms with Crippen LogP contribution in [0.2, 0.25) is 5.02 Å². The SMILES string of the molecule is CC(C)c1nnc(CN2CCO[C@@H](c3ccccc3Cl)C2)o1. The molecule has 1 atom stereocenters. The van der Waals surface area contributed by atoms with E-state index in [4.69, 9.17) is 20.8 Å². The molecule has 1 aliphatic heterocycles. The Morgan fingerprint density at radius 2 is 2.14 bits per heavy atom. The molecule has 0 saturated carbocycles. The van der Waals surface area contributed by atoms with Crippen LogP contribution in [0.4, 0.5) is 0 Å². The van der Waals surface area contributed by atoms with Crippen LogP contribution >= 0.6 is 11.6 Å². The van der Waals surface area contributed by atoms with E-state index in [1.54, 1.807) is 0 Å². The minimum absolute atomic E-state index is 0.0186. The van der Waals surface area contributed by atoms with Crippen molar-refractivity contribution in [2.24, 2.45) is 0 Å². The number of hydrogen-bond donors (Lipinski definition) is 0. The summed E-state index contributed by atoms with van der Waals surface area (Å²) in [6, 6.07) is 7.82. The first-order valence-corrected chi connectivity index (χ1v) is 7.92. The molecule has 1 aromatic heterocycles. The van der Waals surface area contributed by atoms with Crippen LogP contribution in [0.3, 0.4) is 0 Å². The summed E-state index contributed by atoms with van der Waals surface area (Å²) in [5, 5.41) is 8.94. The molecule has 3 rings (SSSR count). The number of morpholine rings is 1. The maximum Gasteiger partial charge on any atom is 0.230 e. The first kappa shape index (κ1) is 15.5. The van der Waals surface area contributed by atoms with E-state index in [2.05, 4.69) is 15.1 Å². The average Bonchev–Trinajstić information content (AvgIpc) is 2.97. The van der Waals surface area contributed by atoms with Crippen LogP contribution in [0.1, 0.15) is 43.2 Å². The molecule has 0 spiro atoms. The van der Waals surface area contributed by atoms with Crippen LogP contribution in [0.15, 0.2) is 28.7 Å². The highest BCUT2D eigenvalue weighted by Gasteiger charge is 2.25. The van der Waals surface area contributed by atoms with E-state index in [-0.39, 0.29) is 12.0 Å². The molecule has 5 nitrogen and oxygen atoms in total. The van der Waals surface area contributed by atoms with E-state index in [0.29, 0.717) is 24.9 Å². The van der Waals surface area contributed by atoms with Crippen LogP contribution in [0.5, 0.6) is 0 Å². The van der Waals surface area contributed by atoms with Crippen molar-refractivity contribution >= 4 is 11.6 Å². The second-order valence-corrected chi connectivity index (χ2v) is 6.21. The van der Waals surface area contributed by atoms with Gasteiger partial charge in [-0.2, -0.15) is 0 Å². The summed E-state index contributed by atoms with van der Waals surface area (Å²) in [6.45, 7) is 7.01. The molecule has 22 heavy (non-hydrogen) atoms. The molecule has 6 heteroatoms. The highest BCUT2D eigenvalue weighted by molar-refractivity contribution is 6.31. The van der Waals surface area contributed by atoms with Crippen molar-refractivity contribution in [3.63, 3.8) is 0 Å². The number of benzene rings is 1. The van der Waals surface area contributed by atoms with Crippen LogP contribution in [0, 0.1) is 0 Å². The Morgan fingerprint density at radius 1 is 1.32 bits per heavy atom. The molecule has 2 heterocycles. The van der Waals surface area contributed by atoms with Gasteiger partial charge in [-0.25, -0.2) is 0 Å². The second-order valence-electron chi connectivity index (χ2n) is 5.80. The Hall–Kier alpha value is -1.43. The predicted molar refractivity (Wildman–Crippen MR) is 83.8 cm³/mol. The van der Waals surface area contributed by atoms with Gasteiger partial charge in [0, 0.05) is 29.6 Å². The summed E-state index contributed by atoms with van der Waals surface area (Å²) in [5.41, 5.74) is 1.03. The fraction of sp³-hybridized carbons (Fsp3) is 0.500. The van der Waals surface area contributed by atoms with Crippen LogP contribution in [-0.4, -0.2) is 34.8 Å². The van der Waals surface area contributed by atoms with Gasteiger partial charge in [0.2, 0.25) is 11.8 Å². The lowest BCUT2D eigenvalue weighted by molar-refractivity contribution is -0.0352. The molecular formula is C16H20ClN3O2. The van der Waals surface area contributed by atoms with Crippen LogP contribution < -0.4 is 0 Å². The zero-order valence-electron chi connectivity index (χ0n) is 12.8. The van der Waals surface area contributed by atoms with E-state index in [1.807, 2.05) is 38.1 Å². The van der Waals surface area contributed by atoms with Crippen molar-refractivity contribution < 1.29 is 9.15 Å². The van der Waals surface area contributed by atoms with Gasteiger partial charge in [-0.1, -0.05) is 43.6 Å². The van der Waals surface area contributed by atoms with Crippen LogP contribution in [0.25, 0.3) is 0 Å². The van der Waals surface area contributed by atoms with Gasteiger partial charge < -0.3 is 9.15 Å². The topological polar surface area (TPSA) is 51.4 Å².